The minimum absolute atomic E-state index is 0.200. The quantitative estimate of drug-likeness (QED) is 0.687. The molecule has 0 atom stereocenters. The van der Waals surface area contributed by atoms with E-state index in [4.69, 9.17) is 17.3 Å². The molecule has 1 fully saturated rings. The van der Waals surface area contributed by atoms with Crippen LogP contribution < -0.4 is 5.73 Å². The average molecular weight is 299 g/mol. The van der Waals surface area contributed by atoms with Crippen LogP contribution in [0.2, 0.25) is 5.02 Å². The molecule has 104 valence electrons. The summed E-state index contributed by atoms with van der Waals surface area (Å²) in [6.07, 6.45) is 4.71. The zero-order valence-electron chi connectivity index (χ0n) is 10.9. The maximum absolute atomic E-state index is 12.2. The number of thioether (sulfide) groups is 1. The van der Waals surface area contributed by atoms with E-state index in [-0.39, 0.29) is 5.91 Å². The third-order valence-corrected chi connectivity index (χ3v) is 4.58. The zero-order chi connectivity index (χ0) is 13.7. The molecular formula is C14H19ClN2OS. The number of nitrogen functional groups attached to an aromatic ring is 1. The van der Waals surface area contributed by atoms with E-state index in [1.807, 2.05) is 11.0 Å². The average Bonchev–Trinajstić information content (AvgIpc) is 2.68. The predicted octanol–water partition coefficient (Wildman–Crippen LogP) is 3.42. The van der Waals surface area contributed by atoms with Gasteiger partial charge in [-0.2, -0.15) is 0 Å². The van der Waals surface area contributed by atoms with E-state index in [2.05, 4.69) is 0 Å². The summed E-state index contributed by atoms with van der Waals surface area (Å²) in [4.78, 5) is 15.0. The van der Waals surface area contributed by atoms with Crippen LogP contribution in [0.15, 0.2) is 23.1 Å². The van der Waals surface area contributed by atoms with E-state index < -0.39 is 0 Å². The van der Waals surface area contributed by atoms with Gasteiger partial charge in [0.15, 0.2) is 0 Å². The van der Waals surface area contributed by atoms with E-state index in [0.717, 1.165) is 30.8 Å². The lowest BCUT2D eigenvalue weighted by Gasteiger charge is -2.20. The van der Waals surface area contributed by atoms with Gasteiger partial charge >= 0.3 is 0 Å². The number of amides is 1. The number of benzene rings is 1. The molecule has 0 unspecified atom stereocenters. The fourth-order valence-electron chi connectivity index (χ4n) is 2.18. The Hall–Kier alpha value is -0.870. The van der Waals surface area contributed by atoms with Gasteiger partial charge in [0.2, 0.25) is 5.91 Å². The normalized spacial score (nSPS) is 16.2. The topological polar surface area (TPSA) is 46.3 Å². The number of hydrogen-bond acceptors (Lipinski definition) is 3. The molecule has 0 aromatic heterocycles. The Morgan fingerprint density at radius 1 is 1.26 bits per heavy atom. The Morgan fingerprint density at radius 3 is 2.63 bits per heavy atom. The summed E-state index contributed by atoms with van der Waals surface area (Å²) >= 11 is 7.41. The number of rotatable bonds is 3. The molecule has 2 N–H and O–H groups in total. The monoisotopic (exact) mass is 298 g/mol. The van der Waals surface area contributed by atoms with Crippen molar-refractivity contribution >= 4 is 35.0 Å². The Balaban J connectivity index is 1.90. The Morgan fingerprint density at radius 2 is 1.95 bits per heavy atom. The molecule has 1 aliphatic rings. The molecule has 1 aliphatic heterocycles. The van der Waals surface area contributed by atoms with Crippen molar-refractivity contribution in [2.75, 3.05) is 24.6 Å². The summed E-state index contributed by atoms with van der Waals surface area (Å²) in [6.45, 7) is 1.79. The highest BCUT2D eigenvalue weighted by atomic mass is 35.5. The van der Waals surface area contributed by atoms with Crippen molar-refractivity contribution in [3.63, 3.8) is 0 Å². The first-order valence-electron chi connectivity index (χ1n) is 6.62. The van der Waals surface area contributed by atoms with Crippen molar-refractivity contribution in [1.82, 2.24) is 4.90 Å². The molecule has 0 radical (unpaired) electrons. The molecule has 0 spiro atoms. The van der Waals surface area contributed by atoms with Crippen molar-refractivity contribution < 1.29 is 4.79 Å². The molecule has 1 heterocycles. The van der Waals surface area contributed by atoms with Crippen LogP contribution in [-0.4, -0.2) is 29.6 Å². The fourth-order valence-corrected chi connectivity index (χ4v) is 3.33. The number of nitrogens with zero attached hydrogens (tertiary/aromatic N) is 1. The van der Waals surface area contributed by atoms with Gasteiger partial charge in [0.25, 0.3) is 0 Å². The number of carbonyl (C=O) groups is 1. The first-order chi connectivity index (χ1) is 9.16. The predicted molar refractivity (Wildman–Crippen MR) is 81.6 cm³/mol. The molecule has 19 heavy (non-hydrogen) atoms. The van der Waals surface area contributed by atoms with Crippen LogP contribution in [0, 0.1) is 0 Å². The Kier molecular flexibility index (Phi) is 5.40. The van der Waals surface area contributed by atoms with Crippen LogP contribution in [0.3, 0.4) is 0 Å². The van der Waals surface area contributed by atoms with Crippen molar-refractivity contribution in [3.8, 4) is 0 Å². The standard InChI is InChI=1S/C14H19ClN2OS/c15-11-5-6-12(16)13(9-11)19-10-14(18)17-7-3-1-2-4-8-17/h5-6,9H,1-4,7-8,10,16H2. The fraction of sp³-hybridized carbons (Fsp3) is 0.500. The van der Waals surface area contributed by atoms with Gasteiger partial charge in [0, 0.05) is 28.7 Å². The summed E-state index contributed by atoms with van der Waals surface area (Å²) in [5.74, 6) is 0.635. The highest BCUT2D eigenvalue weighted by Crippen LogP contribution is 2.28. The van der Waals surface area contributed by atoms with Gasteiger partial charge in [-0.25, -0.2) is 0 Å². The van der Waals surface area contributed by atoms with E-state index in [9.17, 15) is 4.79 Å². The largest absolute Gasteiger partial charge is 0.398 e. The SMILES string of the molecule is Nc1ccc(Cl)cc1SCC(=O)N1CCCCCC1. The van der Waals surface area contributed by atoms with E-state index in [0.29, 0.717) is 16.5 Å². The molecule has 1 aromatic carbocycles. The Bertz CT molecular complexity index is 445. The van der Waals surface area contributed by atoms with Gasteiger partial charge in [-0.3, -0.25) is 4.79 Å². The summed E-state index contributed by atoms with van der Waals surface area (Å²) in [6, 6.07) is 5.36. The van der Waals surface area contributed by atoms with Crippen molar-refractivity contribution in [1.29, 1.82) is 0 Å². The van der Waals surface area contributed by atoms with E-state index >= 15 is 0 Å². The smallest absolute Gasteiger partial charge is 0.232 e. The molecule has 1 aromatic rings. The van der Waals surface area contributed by atoms with Crippen molar-refractivity contribution in [2.24, 2.45) is 0 Å². The molecule has 0 saturated carbocycles. The molecule has 1 amide bonds. The number of nitrogens with two attached hydrogens (primary N) is 1. The van der Waals surface area contributed by atoms with E-state index in [1.54, 1.807) is 12.1 Å². The van der Waals surface area contributed by atoms with Crippen molar-refractivity contribution in [3.05, 3.63) is 23.2 Å². The zero-order valence-corrected chi connectivity index (χ0v) is 12.5. The van der Waals surface area contributed by atoms with Gasteiger partial charge in [0.05, 0.1) is 5.75 Å². The van der Waals surface area contributed by atoms with Gasteiger partial charge in [-0.05, 0) is 31.0 Å². The minimum Gasteiger partial charge on any atom is -0.398 e. The minimum atomic E-state index is 0.200. The summed E-state index contributed by atoms with van der Waals surface area (Å²) in [7, 11) is 0. The van der Waals surface area contributed by atoms with Crippen LogP contribution in [0.1, 0.15) is 25.7 Å². The molecular weight excluding hydrogens is 280 g/mol. The first kappa shape index (κ1) is 14.5. The lowest BCUT2D eigenvalue weighted by molar-refractivity contribution is -0.128. The van der Waals surface area contributed by atoms with Crippen LogP contribution in [0.4, 0.5) is 5.69 Å². The van der Waals surface area contributed by atoms with Crippen molar-refractivity contribution in [2.45, 2.75) is 30.6 Å². The van der Waals surface area contributed by atoms with E-state index in [1.165, 1.54) is 24.6 Å². The van der Waals surface area contributed by atoms with Crippen LogP contribution in [-0.2, 0) is 4.79 Å². The lowest BCUT2D eigenvalue weighted by atomic mass is 10.2. The molecule has 0 bridgehead atoms. The number of hydrogen-bond donors (Lipinski definition) is 1. The number of likely N-dealkylation sites (tertiary alicyclic amines) is 1. The number of halogens is 1. The summed E-state index contributed by atoms with van der Waals surface area (Å²) < 4.78 is 0. The van der Waals surface area contributed by atoms with Crippen LogP contribution in [0.25, 0.3) is 0 Å². The molecule has 0 aliphatic carbocycles. The second kappa shape index (κ2) is 7.06. The molecule has 2 rings (SSSR count). The third kappa shape index (κ3) is 4.32. The Labute approximate surface area is 123 Å². The van der Waals surface area contributed by atoms with Gasteiger partial charge in [-0.15, -0.1) is 11.8 Å². The second-order valence-corrected chi connectivity index (χ2v) is 6.22. The maximum Gasteiger partial charge on any atom is 0.232 e. The number of anilines is 1. The molecule has 3 nitrogen and oxygen atoms in total. The lowest BCUT2D eigenvalue weighted by Crippen LogP contribution is -2.33. The van der Waals surface area contributed by atoms with Gasteiger partial charge in [0.1, 0.15) is 0 Å². The highest BCUT2D eigenvalue weighted by molar-refractivity contribution is 8.00. The third-order valence-electron chi connectivity index (χ3n) is 3.29. The van der Waals surface area contributed by atoms with Gasteiger partial charge < -0.3 is 10.6 Å². The highest BCUT2D eigenvalue weighted by Gasteiger charge is 2.16. The summed E-state index contributed by atoms with van der Waals surface area (Å²) in [5.41, 5.74) is 6.55. The second-order valence-electron chi connectivity index (χ2n) is 4.77. The molecule has 1 saturated heterocycles. The molecule has 5 heteroatoms. The van der Waals surface area contributed by atoms with Gasteiger partial charge in [-0.1, -0.05) is 24.4 Å². The van der Waals surface area contributed by atoms with Crippen LogP contribution >= 0.6 is 23.4 Å². The first-order valence-corrected chi connectivity index (χ1v) is 7.99. The maximum atomic E-state index is 12.2. The number of carbonyl (C=O) groups excluding carboxylic acids is 1. The van der Waals surface area contributed by atoms with Crippen LogP contribution in [0.5, 0.6) is 0 Å². The summed E-state index contributed by atoms with van der Waals surface area (Å²) in [5, 5.41) is 0.652.